The minimum Gasteiger partial charge on any atom is -0.481 e. The summed E-state index contributed by atoms with van der Waals surface area (Å²) < 4.78 is 20.9. The van der Waals surface area contributed by atoms with Crippen molar-refractivity contribution in [2.24, 2.45) is 5.10 Å². The van der Waals surface area contributed by atoms with E-state index < -0.39 is 5.91 Å². The average molecular weight is 368 g/mol. The van der Waals surface area contributed by atoms with Crippen LogP contribution in [0.4, 0.5) is 0 Å². The second kappa shape index (κ2) is 8.48. The van der Waals surface area contributed by atoms with E-state index in [0.717, 1.165) is 0 Å². The average Bonchev–Trinajstić information content (AvgIpc) is 3.24. The molecule has 9 heteroatoms. The number of furan rings is 1. The molecule has 1 amide bonds. The van der Waals surface area contributed by atoms with Gasteiger partial charge in [-0.3, -0.25) is 4.79 Å². The molecule has 0 atom stereocenters. The fourth-order valence-corrected chi connectivity index (χ4v) is 2.04. The number of nitrogens with zero attached hydrogens (tertiary/aromatic N) is 3. The Bertz CT molecular complexity index is 918. The van der Waals surface area contributed by atoms with Crippen LogP contribution in [0.15, 0.2) is 58.2 Å². The van der Waals surface area contributed by atoms with Gasteiger partial charge >= 0.3 is 11.9 Å². The summed E-state index contributed by atoms with van der Waals surface area (Å²) in [7, 11) is 2.96. The second-order valence-corrected chi connectivity index (χ2v) is 5.05. The third-order valence-corrected chi connectivity index (χ3v) is 3.31. The first-order chi connectivity index (χ1) is 13.2. The van der Waals surface area contributed by atoms with Crippen LogP contribution in [-0.2, 0) is 0 Å². The third-order valence-electron chi connectivity index (χ3n) is 3.31. The molecule has 0 saturated carbocycles. The molecule has 0 bridgehead atoms. The van der Waals surface area contributed by atoms with Crippen LogP contribution < -0.4 is 19.6 Å². The van der Waals surface area contributed by atoms with Crippen LogP contribution in [-0.4, -0.2) is 36.3 Å². The first kappa shape index (κ1) is 17.9. The Morgan fingerprint density at radius 3 is 2.52 bits per heavy atom. The molecular weight excluding hydrogens is 352 g/mol. The van der Waals surface area contributed by atoms with Crippen molar-refractivity contribution in [3.05, 3.63) is 60.1 Å². The van der Waals surface area contributed by atoms with Crippen LogP contribution in [0, 0.1) is 0 Å². The van der Waals surface area contributed by atoms with Crippen molar-refractivity contribution < 1.29 is 23.4 Å². The summed E-state index contributed by atoms with van der Waals surface area (Å²) in [4.78, 5) is 20.0. The number of hydrazone groups is 1. The van der Waals surface area contributed by atoms with Crippen LogP contribution >= 0.6 is 0 Å². The first-order valence-electron chi connectivity index (χ1n) is 7.80. The molecule has 1 N–H and O–H groups in total. The Kier molecular flexibility index (Phi) is 5.63. The molecule has 0 spiro atoms. The summed E-state index contributed by atoms with van der Waals surface area (Å²) in [5.74, 6) is 0.732. The monoisotopic (exact) mass is 368 g/mol. The highest BCUT2D eigenvalue weighted by atomic mass is 16.5. The molecule has 0 aliphatic rings. The number of hydrogen-bond acceptors (Lipinski definition) is 8. The smallest absolute Gasteiger partial charge is 0.328 e. The zero-order chi connectivity index (χ0) is 19.1. The molecule has 1 aromatic carbocycles. The van der Waals surface area contributed by atoms with Crippen LogP contribution in [0.1, 0.15) is 16.1 Å². The van der Waals surface area contributed by atoms with Crippen LogP contribution in [0.25, 0.3) is 0 Å². The highest BCUT2D eigenvalue weighted by Gasteiger charge is 2.10. The van der Waals surface area contributed by atoms with Crippen molar-refractivity contribution in [1.29, 1.82) is 0 Å². The van der Waals surface area contributed by atoms with Crippen molar-refractivity contribution in [1.82, 2.24) is 15.4 Å². The van der Waals surface area contributed by atoms with Gasteiger partial charge in [-0.05, 0) is 24.3 Å². The molecule has 0 unspecified atom stereocenters. The fraction of sp³-hybridized carbons (Fsp3) is 0.111. The predicted octanol–water partition coefficient (Wildman–Crippen LogP) is 2.64. The van der Waals surface area contributed by atoms with Gasteiger partial charge in [0.15, 0.2) is 5.76 Å². The van der Waals surface area contributed by atoms with E-state index in [0.29, 0.717) is 23.1 Å². The van der Waals surface area contributed by atoms with Gasteiger partial charge in [0, 0.05) is 5.56 Å². The lowest BCUT2D eigenvalue weighted by atomic mass is 10.2. The molecule has 9 nitrogen and oxygen atoms in total. The Morgan fingerprint density at radius 2 is 1.85 bits per heavy atom. The fourth-order valence-electron chi connectivity index (χ4n) is 2.04. The number of para-hydroxylation sites is 1. The molecule has 0 saturated heterocycles. The number of methoxy groups -OCH3 is 2. The summed E-state index contributed by atoms with van der Waals surface area (Å²) in [5.41, 5.74) is 2.97. The first-order valence-corrected chi connectivity index (χ1v) is 7.80. The number of nitrogens with one attached hydrogen (secondary N) is 1. The van der Waals surface area contributed by atoms with Gasteiger partial charge in [-0.25, -0.2) is 5.43 Å². The molecule has 3 rings (SSSR count). The number of amides is 1. The van der Waals surface area contributed by atoms with Gasteiger partial charge in [-0.15, -0.1) is 0 Å². The van der Waals surface area contributed by atoms with Gasteiger partial charge in [0.1, 0.15) is 5.75 Å². The van der Waals surface area contributed by atoms with Crippen molar-refractivity contribution >= 4 is 12.1 Å². The van der Waals surface area contributed by atoms with Crippen molar-refractivity contribution in [2.45, 2.75) is 0 Å². The number of rotatable bonds is 7. The summed E-state index contributed by atoms with van der Waals surface area (Å²) >= 11 is 0. The zero-order valence-corrected chi connectivity index (χ0v) is 14.6. The number of ether oxygens (including phenoxy) is 3. The Morgan fingerprint density at radius 1 is 1.11 bits per heavy atom. The van der Waals surface area contributed by atoms with Gasteiger partial charge in [0.25, 0.3) is 0 Å². The van der Waals surface area contributed by atoms with E-state index in [1.165, 1.54) is 38.8 Å². The number of hydrogen-bond donors (Lipinski definition) is 1. The van der Waals surface area contributed by atoms with E-state index in [4.69, 9.17) is 18.6 Å². The normalized spacial score (nSPS) is 10.6. The van der Waals surface area contributed by atoms with Gasteiger partial charge in [-0.1, -0.05) is 12.1 Å². The molecule has 0 fully saturated rings. The summed E-state index contributed by atoms with van der Waals surface area (Å²) in [6, 6.07) is 11.8. The van der Waals surface area contributed by atoms with E-state index in [1.54, 1.807) is 30.3 Å². The van der Waals surface area contributed by atoms with Gasteiger partial charge in [0.2, 0.25) is 11.8 Å². The summed E-state index contributed by atoms with van der Waals surface area (Å²) in [6.07, 6.45) is 2.84. The number of carbonyl (C=O) groups excluding carboxylic acids is 1. The summed E-state index contributed by atoms with van der Waals surface area (Å²) in [6.45, 7) is 0. The van der Waals surface area contributed by atoms with Crippen LogP contribution in [0.3, 0.4) is 0 Å². The SMILES string of the molecule is COc1cc(OC)nc(Oc2ccccc2C=NNC(=O)c2ccco2)n1. The van der Waals surface area contributed by atoms with E-state index >= 15 is 0 Å². The van der Waals surface area contributed by atoms with Crippen LogP contribution in [0.2, 0.25) is 0 Å². The third kappa shape index (κ3) is 4.60. The molecule has 138 valence electrons. The van der Waals surface area contributed by atoms with Gasteiger partial charge in [-0.2, -0.15) is 15.1 Å². The highest BCUT2D eigenvalue weighted by molar-refractivity contribution is 5.92. The number of carbonyl (C=O) groups is 1. The van der Waals surface area contributed by atoms with Crippen molar-refractivity contribution in [3.63, 3.8) is 0 Å². The maximum Gasteiger partial charge on any atom is 0.328 e. The van der Waals surface area contributed by atoms with Gasteiger partial charge < -0.3 is 18.6 Å². The number of aromatic nitrogens is 2. The minimum atomic E-state index is -0.462. The maximum absolute atomic E-state index is 11.8. The maximum atomic E-state index is 11.8. The standard InChI is InChI=1S/C18H16N4O5/c1-24-15-10-16(25-2)21-18(20-15)27-13-7-4-3-6-12(13)11-19-22-17(23)14-8-5-9-26-14/h3-11H,1-2H3,(H,22,23). The predicted molar refractivity (Wildman–Crippen MR) is 95.4 cm³/mol. The minimum absolute atomic E-state index is 0.0478. The van der Waals surface area contributed by atoms with E-state index in [9.17, 15) is 4.79 Å². The molecule has 2 aromatic heterocycles. The van der Waals surface area contributed by atoms with Crippen molar-refractivity contribution in [2.75, 3.05) is 14.2 Å². The lowest BCUT2D eigenvalue weighted by Gasteiger charge is -2.09. The topological polar surface area (TPSA) is 108 Å². The molecule has 27 heavy (non-hydrogen) atoms. The Labute approximate surface area is 154 Å². The molecule has 0 aliphatic carbocycles. The quantitative estimate of drug-likeness (QED) is 0.504. The molecule has 3 aromatic rings. The number of benzene rings is 1. The van der Waals surface area contributed by atoms with Crippen molar-refractivity contribution in [3.8, 4) is 23.5 Å². The van der Waals surface area contributed by atoms with E-state index in [-0.39, 0.29) is 11.8 Å². The van der Waals surface area contributed by atoms with E-state index in [2.05, 4.69) is 20.5 Å². The molecular formula is C18H16N4O5. The lowest BCUT2D eigenvalue weighted by Crippen LogP contribution is -2.16. The second-order valence-electron chi connectivity index (χ2n) is 5.05. The van der Waals surface area contributed by atoms with Crippen LogP contribution in [0.5, 0.6) is 23.5 Å². The largest absolute Gasteiger partial charge is 0.481 e. The summed E-state index contributed by atoms with van der Waals surface area (Å²) in [5, 5.41) is 3.91. The lowest BCUT2D eigenvalue weighted by molar-refractivity contribution is 0.0927. The highest BCUT2D eigenvalue weighted by Crippen LogP contribution is 2.25. The molecule has 0 aliphatic heterocycles. The Balaban J connectivity index is 1.76. The molecule has 0 radical (unpaired) electrons. The zero-order valence-electron chi connectivity index (χ0n) is 14.6. The van der Waals surface area contributed by atoms with E-state index in [1.807, 2.05) is 0 Å². The molecule has 2 heterocycles. The Hall–Kier alpha value is -3.88. The van der Waals surface area contributed by atoms with Gasteiger partial charge in [0.05, 0.1) is 32.8 Å².